The molecule has 0 bridgehead atoms. The van der Waals surface area contributed by atoms with Crippen molar-refractivity contribution in [2.75, 3.05) is 20.3 Å². The number of hydrogen-bond acceptors (Lipinski definition) is 3. The van der Waals surface area contributed by atoms with Crippen LogP contribution in [-0.4, -0.2) is 32.3 Å². The van der Waals surface area contributed by atoms with E-state index in [0.717, 1.165) is 24.0 Å². The van der Waals surface area contributed by atoms with Gasteiger partial charge in [0.05, 0.1) is 25.3 Å². The fourth-order valence-electron chi connectivity index (χ4n) is 2.34. The summed E-state index contributed by atoms with van der Waals surface area (Å²) < 4.78 is 10.9. The summed E-state index contributed by atoms with van der Waals surface area (Å²) in [7, 11) is 1.61. The second-order valence-corrected chi connectivity index (χ2v) is 6.11. The van der Waals surface area contributed by atoms with Crippen LogP contribution in [-0.2, 0) is 6.54 Å². The van der Waals surface area contributed by atoms with Gasteiger partial charge in [-0.1, -0.05) is 18.5 Å². The van der Waals surface area contributed by atoms with Crippen LogP contribution in [0.5, 0.6) is 11.5 Å². The normalized spacial score (nSPS) is 19.3. The maximum Gasteiger partial charge on any atom is 0.191 e. The zero-order chi connectivity index (χ0) is 16.8. The Bertz CT molecular complexity index is 569. The highest BCUT2D eigenvalue weighted by molar-refractivity contribution is 14.0. The molecule has 0 aliphatic heterocycles. The lowest BCUT2D eigenvalue weighted by Gasteiger charge is -2.13. The monoisotopic (exact) mass is 467 g/mol. The topological polar surface area (TPSA) is 54.9 Å². The molecule has 0 heterocycles. The number of methoxy groups -OCH3 is 1. The molecule has 1 saturated carbocycles. The first-order chi connectivity index (χ1) is 11.1. The molecule has 7 heteroatoms. The van der Waals surface area contributed by atoms with Gasteiger partial charge in [-0.2, -0.15) is 0 Å². The number of guanidine groups is 1. The highest BCUT2D eigenvalue weighted by Crippen LogP contribution is 2.36. The van der Waals surface area contributed by atoms with Crippen molar-refractivity contribution in [2.24, 2.45) is 10.9 Å². The first-order valence-electron chi connectivity index (χ1n) is 8.13. The SMILES string of the molecule is CCNC(=NCc1cc(Cl)c(OCC)c(OC)c1)NC1CC1C.I. The van der Waals surface area contributed by atoms with Crippen LogP contribution in [0, 0.1) is 5.92 Å². The highest BCUT2D eigenvalue weighted by atomic mass is 127. The predicted octanol–water partition coefficient (Wildman–Crippen LogP) is 3.83. The largest absolute Gasteiger partial charge is 0.493 e. The number of rotatable bonds is 7. The molecule has 0 saturated heterocycles. The highest BCUT2D eigenvalue weighted by Gasteiger charge is 2.33. The smallest absolute Gasteiger partial charge is 0.191 e. The maximum atomic E-state index is 6.30. The van der Waals surface area contributed by atoms with Crippen molar-refractivity contribution in [3.8, 4) is 11.5 Å². The third kappa shape index (κ3) is 5.88. The van der Waals surface area contributed by atoms with E-state index in [4.69, 9.17) is 21.1 Å². The summed E-state index contributed by atoms with van der Waals surface area (Å²) >= 11 is 6.30. The number of nitrogens with one attached hydrogen (secondary N) is 2. The summed E-state index contributed by atoms with van der Waals surface area (Å²) in [5.74, 6) is 2.78. The molecule has 2 rings (SSSR count). The van der Waals surface area contributed by atoms with Crippen LogP contribution in [0.1, 0.15) is 32.8 Å². The summed E-state index contributed by atoms with van der Waals surface area (Å²) in [6.07, 6.45) is 1.20. The summed E-state index contributed by atoms with van der Waals surface area (Å²) in [6, 6.07) is 4.33. The van der Waals surface area contributed by atoms with E-state index in [1.807, 2.05) is 19.1 Å². The van der Waals surface area contributed by atoms with E-state index < -0.39 is 0 Å². The molecule has 2 unspecified atom stereocenters. The Morgan fingerprint density at radius 3 is 2.62 bits per heavy atom. The molecule has 1 aliphatic rings. The Balaban J connectivity index is 0.00000288. The summed E-state index contributed by atoms with van der Waals surface area (Å²) in [6.45, 7) is 8.12. The zero-order valence-corrected chi connectivity index (χ0v) is 17.8. The van der Waals surface area contributed by atoms with Crippen molar-refractivity contribution >= 4 is 41.5 Å². The molecule has 0 amide bonds. The molecule has 1 aliphatic carbocycles. The van der Waals surface area contributed by atoms with Crippen molar-refractivity contribution in [2.45, 2.75) is 39.8 Å². The average Bonchev–Trinajstić information content (AvgIpc) is 3.22. The summed E-state index contributed by atoms with van der Waals surface area (Å²) in [5, 5.41) is 7.25. The fourth-order valence-corrected chi connectivity index (χ4v) is 2.63. The Morgan fingerprint density at radius 1 is 1.38 bits per heavy atom. The Hall–Kier alpha value is -0.890. The minimum atomic E-state index is 0. The zero-order valence-electron chi connectivity index (χ0n) is 14.7. The lowest BCUT2D eigenvalue weighted by atomic mass is 10.2. The summed E-state index contributed by atoms with van der Waals surface area (Å²) in [4.78, 5) is 4.63. The van der Waals surface area contributed by atoms with Gasteiger partial charge in [0.2, 0.25) is 0 Å². The molecule has 1 fully saturated rings. The van der Waals surface area contributed by atoms with Gasteiger partial charge in [0, 0.05) is 12.6 Å². The van der Waals surface area contributed by atoms with E-state index in [9.17, 15) is 0 Å². The molecule has 1 aromatic rings. The number of hydrogen-bond donors (Lipinski definition) is 2. The van der Waals surface area contributed by atoms with Gasteiger partial charge >= 0.3 is 0 Å². The second-order valence-electron chi connectivity index (χ2n) is 5.70. The van der Waals surface area contributed by atoms with Crippen LogP contribution < -0.4 is 20.1 Å². The minimum Gasteiger partial charge on any atom is -0.493 e. The molecular weight excluding hydrogens is 441 g/mol. The quantitative estimate of drug-likeness (QED) is 0.364. The van der Waals surface area contributed by atoms with E-state index in [-0.39, 0.29) is 24.0 Å². The number of nitrogens with zero attached hydrogens (tertiary/aromatic N) is 1. The van der Waals surface area contributed by atoms with Gasteiger partial charge in [0.1, 0.15) is 0 Å². The van der Waals surface area contributed by atoms with Crippen molar-refractivity contribution in [3.05, 3.63) is 22.7 Å². The molecule has 2 N–H and O–H groups in total. The van der Waals surface area contributed by atoms with Crippen LogP contribution in [0.25, 0.3) is 0 Å². The molecule has 0 aromatic heterocycles. The van der Waals surface area contributed by atoms with E-state index >= 15 is 0 Å². The van der Waals surface area contributed by atoms with E-state index in [2.05, 4.69) is 29.5 Å². The van der Waals surface area contributed by atoms with Gasteiger partial charge in [-0.25, -0.2) is 4.99 Å². The molecule has 1 aromatic carbocycles. The first-order valence-corrected chi connectivity index (χ1v) is 8.50. The lowest BCUT2D eigenvalue weighted by molar-refractivity contribution is 0.311. The fraction of sp³-hybridized carbons (Fsp3) is 0.588. The maximum absolute atomic E-state index is 6.30. The molecule has 0 spiro atoms. The molecule has 24 heavy (non-hydrogen) atoms. The number of aliphatic imine (C=N–C) groups is 1. The van der Waals surface area contributed by atoms with Crippen LogP contribution in [0.3, 0.4) is 0 Å². The van der Waals surface area contributed by atoms with Crippen LogP contribution in [0.4, 0.5) is 0 Å². The first kappa shape index (κ1) is 21.2. The van der Waals surface area contributed by atoms with E-state index in [1.165, 1.54) is 6.42 Å². The lowest BCUT2D eigenvalue weighted by Crippen LogP contribution is -2.39. The minimum absolute atomic E-state index is 0. The van der Waals surface area contributed by atoms with Gasteiger partial charge in [-0.05, 0) is 43.9 Å². The molecule has 5 nitrogen and oxygen atoms in total. The molecular formula is C17H27ClIN3O2. The Kier molecular flexibility index (Phi) is 8.97. The van der Waals surface area contributed by atoms with Crippen LogP contribution >= 0.6 is 35.6 Å². The van der Waals surface area contributed by atoms with Crippen molar-refractivity contribution in [1.29, 1.82) is 0 Å². The van der Waals surface area contributed by atoms with Gasteiger partial charge in [0.15, 0.2) is 17.5 Å². The van der Waals surface area contributed by atoms with Crippen molar-refractivity contribution in [1.82, 2.24) is 10.6 Å². The number of benzene rings is 1. The van der Waals surface area contributed by atoms with Gasteiger partial charge in [-0.3, -0.25) is 0 Å². The van der Waals surface area contributed by atoms with Crippen molar-refractivity contribution in [3.63, 3.8) is 0 Å². The Labute approximate surface area is 166 Å². The van der Waals surface area contributed by atoms with Gasteiger partial charge in [-0.15, -0.1) is 24.0 Å². The Morgan fingerprint density at radius 2 is 2.08 bits per heavy atom. The van der Waals surface area contributed by atoms with Crippen molar-refractivity contribution < 1.29 is 9.47 Å². The third-order valence-electron chi connectivity index (χ3n) is 3.77. The number of ether oxygens (including phenoxy) is 2. The standard InChI is InChI=1S/C17H26ClN3O2.HI/c1-5-19-17(21-14-7-11(14)3)20-10-12-8-13(18)16(23-6-2)15(9-12)22-4;/h8-9,11,14H,5-7,10H2,1-4H3,(H2,19,20,21);1H. The van der Waals surface area contributed by atoms with E-state index in [1.54, 1.807) is 7.11 Å². The molecule has 2 atom stereocenters. The van der Waals surface area contributed by atoms with Gasteiger partial charge < -0.3 is 20.1 Å². The van der Waals surface area contributed by atoms with Crippen LogP contribution in [0.2, 0.25) is 5.02 Å². The summed E-state index contributed by atoms with van der Waals surface area (Å²) in [5.41, 5.74) is 0.983. The van der Waals surface area contributed by atoms with Gasteiger partial charge in [0.25, 0.3) is 0 Å². The molecule has 0 radical (unpaired) electrons. The molecule has 136 valence electrons. The van der Waals surface area contributed by atoms with Crippen LogP contribution in [0.15, 0.2) is 17.1 Å². The predicted molar refractivity (Wildman–Crippen MR) is 110 cm³/mol. The average molecular weight is 468 g/mol. The second kappa shape index (κ2) is 10.2. The number of halogens is 2. The third-order valence-corrected chi connectivity index (χ3v) is 4.05. The van der Waals surface area contributed by atoms with E-state index in [0.29, 0.717) is 35.7 Å².